The quantitative estimate of drug-likeness (QED) is 0.838. The highest BCUT2D eigenvalue weighted by Gasteiger charge is 2.35. The molecule has 2 N–H and O–H groups in total. The van der Waals surface area contributed by atoms with Crippen LogP contribution in [0.5, 0.6) is 0 Å². The first-order chi connectivity index (χ1) is 7.14. The molecular formula is C11H13ClN2O. The lowest BCUT2D eigenvalue weighted by atomic mass is 9.91. The van der Waals surface area contributed by atoms with Gasteiger partial charge in [0.1, 0.15) is 0 Å². The standard InChI is InChI=1S/C11H13ClN2O/c1-11(6-10(7-13)14-15-11)8-2-4-9(12)5-3-8/h2-5H,6-7,13H2,1H3/t11-/m0/s1. The van der Waals surface area contributed by atoms with Gasteiger partial charge in [-0.05, 0) is 24.6 Å². The van der Waals surface area contributed by atoms with Crippen molar-refractivity contribution in [3.8, 4) is 0 Å². The summed E-state index contributed by atoms with van der Waals surface area (Å²) in [6, 6.07) is 7.62. The van der Waals surface area contributed by atoms with Crippen LogP contribution in [0.15, 0.2) is 29.4 Å². The summed E-state index contributed by atoms with van der Waals surface area (Å²) in [5.74, 6) is 0. The molecule has 1 atom stereocenters. The second-order valence-corrected chi connectivity index (χ2v) is 4.30. The normalized spacial score (nSPS) is 24.9. The van der Waals surface area contributed by atoms with E-state index in [1.807, 2.05) is 31.2 Å². The van der Waals surface area contributed by atoms with E-state index in [1.165, 1.54) is 0 Å². The Morgan fingerprint density at radius 3 is 2.67 bits per heavy atom. The minimum atomic E-state index is -0.390. The van der Waals surface area contributed by atoms with E-state index in [9.17, 15) is 0 Å². The average molecular weight is 225 g/mol. The maximum absolute atomic E-state index is 5.83. The van der Waals surface area contributed by atoms with Crippen LogP contribution in [-0.2, 0) is 10.4 Å². The minimum Gasteiger partial charge on any atom is -0.384 e. The molecule has 0 spiro atoms. The molecule has 0 bridgehead atoms. The van der Waals surface area contributed by atoms with Crippen molar-refractivity contribution in [2.24, 2.45) is 10.9 Å². The third-order valence-electron chi connectivity index (χ3n) is 2.61. The number of hydrogen-bond donors (Lipinski definition) is 1. The molecule has 0 aliphatic carbocycles. The fraction of sp³-hybridized carbons (Fsp3) is 0.364. The van der Waals surface area contributed by atoms with Crippen molar-refractivity contribution in [1.29, 1.82) is 0 Å². The lowest BCUT2D eigenvalue weighted by Gasteiger charge is -2.21. The molecule has 1 aromatic rings. The summed E-state index contributed by atoms with van der Waals surface area (Å²) in [5.41, 5.74) is 7.10. The molecule has 4 heteroatoms. The summed E-state index contributed by atoms with van der Waals surface area (Å²) < 4.78 is 0. The van der Waals surface area contributed by atoms with Crippen LogP contribution in [0.1, 0.15) is 18.9 Å². The van der Waals surface area contributed by atoms with E-state index in [0.717, 1.165) is 22.7 Å². The van der Waals surface area contributed by atoms with Gasteiger partial charge in [-0.1, -0.05) is 28.9 Å². The molecule has 3 nitrogen and oxygen atoms in total. The second-order valence-electron chi connectivity index (χ2n) is 3.87. The molecule has 15 heavy (non-hydrogen) atoms. The molecule has 0 saturated heterocycles. The molecule has 1 aliphatic heterocycles. The SMILES string of the molecule is C[C@@]1(c2ccc(Cl)cc2)CC(CN)=NO1. The summed E-state index contributed by atoms with van der Waals surface area (Å²) in [4.78, 5) is 5.43. The number of oxime groups is 1. The highest BCUT2D eigenvalue weighted by atomic mass is 35.5. The van der Waals surface area contributed by atoms with Crippen molar-refractivity contribution < 1.29 is 4.84 Å². The van der Waals surface area contributed by atoms with Crippen LogP contribution < -0.4 is 5.73 Å². The van der Waals surface area contributed by atoms with Crippen LogP contribution in [0.25, 0.3) is 0 Å². The van der Waals surface area contributed by atoms with Crippen molar-refractivity contribution >= 4 is 17.3 Å². The van der Waals surface area contributed by atoms with E-state index in [-0.39, 0.29) is 5.60 Å². The first-order valence-electron chi connectivity index (χ1n) is 4.84. The van der Waals surface area contributed by atoms with Gasteiger partial charge in [-0.2, -0.15) is 0 Å². The van der Waals surface area contributed by atoms with Gasteiger partial charge in [0.25, 0.3) is 0 Å². The van der Waals surface area contributed by atoms with E-state index < -0.39 is 0 Å². The molecule has 0 radical (unpaired) electrons. The van der Waals surface area contributed by atoms with Gasteiger partial charge in [-0.3, -0.25) is 0 Å². The Balaban J connectivity index is 2.22. The van der Waals surface area contributed by atoms with Gasteiger partial charge >= 0.3 is 0 Å². The Bertz CT molecular complexity index is 388. The Kier molecular flexibility index (Phi) is 2.67. The summed E-state index contributed by atoms with van der Waals surface area (Å²) in [6.45, 7) is 2.45. The van der Waals surface area contributed by atoms with Crippen molar-refractivity contribution in [2.75, 3.05) is 6.54 Å². The summed E-state index contributed by atoms with van der Waals surface area (Å²) in [6.07, 6.45) is 0.741. The number of benzene rings is 1. The Morgan fingerprint density at radius 1 is 1.47 bits per heavy atom. The maximum Gasteiger partial charge on any atom is 0.165 e. The molecule has 1 aromatic carbocycles. The molecule has 0 amide bonds. The van der Waals surface area contributed by atoms with Crippen LogP contribution in [0, 0.1) is 0 Å². The zero-order valence-electron chi connectivity index (χ0n) is 8.53. The van der Waals surface area contributed by atoms with Crippen molar-refractivity contribution in [3.05, 3.63) is 34.9 Å². The highest BCUT2D eigenvalue weighted by molar-refractivity contribution is 6.30. The molecule has 0 unspecified atom stereocenters. The number of nitrogens with zero attached hydrogens (tertiary/aromatic N) is 1. The second kappa shape index (κ2) is 3.83. The van der Waals surface area contributed by atoms with E-state index in [1.54, 1.807) is 0 Å². The van der Waals surface area contributed by atoms with Gasteiger partial charge in [-0.25, -0.2) is 0 Å². The zero-order valence-corrected chi connectivity index (χ0v) is 9.29. The summed E-state index contributed by atoms with van der Waals surface area (Å²) >= 11 is 5.83. The van der Waals surface area contributed by atoms with E-state index in [0.29, 0.717) is 6.54 Å². The van der Waals surface area contributed by atoms with Gasteiger partial charge in [0.2, 0.25) is 0 Å². The van der Waals surface area contributed by atoms with Crippen molar-refractivity contribution in [1.82, 2.24) is 0 Å². The Labute approximate surface area is 93.9 Å². The van der Waals surface area contributed by atoms with Gasteiger partial charge < -0.3 is 10.6 Å². The summed E-state index contributed by atoms with van der Waals surface area (Å²) in [5, 5.41) is 4.69. The predicted molar refractivity (Wildman–Crippen MR) is 61.0 cm³/mol. The molecule has 1 aliphatic rings. The molecule has 0 fully saturated rings. The predicted octanol–water partition coefficient (Wildman–Crippen LogP) is 2.29. The van der Waals surface area contributed by atoms with Crippen LogP contribution >= 0.6 is 11.6 Å². The van der Waals surface area contributed by atoms with Gasteiger partial charge in [-0.15, -0.1) is 0 Å². The lowest BCUT2D eigenvalue weighted by Crippen LogP contribution is -2.23. The molecule has 80 valence electrons. The number of nitrogens with two attached hydrogens (primary N) is 1. The number of rotatable bonds is 2. The topological polar surface area (TPSA) is 47.6 Å². The Hall–Kier alpha value is -1.06. The van der Waals surface area contributed by atoms with E-state index >= 15 is 0 Å². The molecular weight excluding hydrogens is 212 g/mol. The third-order valence-corrected chi connectivity index (χ3v) is 2.86. The minimum absolute atomic E-state index is 0.390. The van der Waals surface area contributed by atoms with E-state index in [4.69, 9.17) is 22.2 Å². The first kappa shape index (κ1) is 10.5. The first-order valence-corrected chi connectivity index (χ1v) is 5.22. The Morgan fingerprint density at radius 2 is 2.13 bits per heavy atom. The van der Waals surface area contributed by atoms with Crippen molar-refractivity contribution in [2.45, 2.75) is 18.9 Å². The van der Waals surface area contributed by atoms with Crippen LogP contribution in [0.4, 0.5) is 0 Å². The molecule has 2 rings (SSSR count). The summed E-state index contributed by atoms with van der Waals surface area (Å²) in [7, 11) is 0. The monoisotopic (exact) mass is 224 g/mol. The zero-order chi connectivity index (χ0) is 10.9. The maximum atomic E-state index is 5.83. The van der Waals surface area contributed by atoms with Gasteiger partial charge in [0, 0.05) is 18.0 Å². The number of hydrogen-bond acceptors (Lipinski definition) is 3. The van der Waals surface area contributed by atoms with Crippen LogP contribution in [-0.4, -0.2) is 12.3 Å². The molecule has 0 saturated carbocycles. The fourth-order valence-electron chi connectivity index (χ4n) is 1.69. The highest BCUT2D eigenvalue weighted by Crippen LogP contribution is 2.34. The van der Waals surface area contributed by atoms with Gasteiger partial charge in [0.05, 0.1) is 5.71 Å². The van der Waals surface area contributed by atoms with Gasteiger partial charge in [0.15, 0.2) is 5.60 Å². The van der Waals surface area contributed by atoms with Crippen LogP contribution in [0.2, 0.25) is 5.02 Å². The smallest absolute Gasteiger partial charge is 0.165 e. The lowest BCUT2D eigenvalue weighted by molar-refractivity contribution is -0.00738. The van der Waals surface area contributed by atoms with Crippen molar-refractivity contribution in [3.63, 3.8) is 0 Å². The van der Waals surface area contributed by atoms with E-state index in [2.05, 4.69) is 5.16 Å². The molecule has 1 heterocycles. The fourth-order valence-corrected chi connectivity index (χ4v) is 1.81. The molecule has 0 aromatic heterocycles. The van der Waals surface area contributed by atoms with Crippen LogP contribution in [0.3, 0.4) is 0 Å². The number of halogens is 1. The third kappa shape index (κ3) is 1.98. The largest absolute Gasteiger partial charge is 0.384 e. The average Bonchev–Trinajstić information content (AvgIpc) is 2.62.